The van der Waals surface area contributed by atoms with Gasteiger partial charge in [-0.25, -0.2) is 9.37 Å². The molecule has 0 N–H and O–H groups in total. The van der Waals surface area contributed by atoms with Crippen molar-refractivity contribution < 1.29 is 13.9 Å². The lowest BCUT2D eigenvalue weighted by Gasteiger charge is -2.39. The summed E-state index contributed by atoms with van der Waals surface area (Å²) >= 11 is 0. The van der Waals surface area contributed by atoms with Crippen LogP contribution < -0.4 is 4.74 Å². The van der Waals surface area contributed by atoms with Crippen molar-refractivity contribution in [3.05, 3.63) is 65.9 Å². The molecule has 0 spiro atoms. The van der Waals surface area contributed by atoms with E-state index >= 15 is 0 Å². The number of aromatic nitrogens is 4. The Labute approximate surface area is 180 Å². The van der Waals surface area contributed by atoms with E-state index in [1.54, 1.807) is 12.4 Å². The van der Waals surface area contributed by atoms with Crippen LogP contribution in [0.5, 0.6) is 5.88 Å². The number of aryl methyl sites for hydroxylation is 1. The SMILES string of the molecule is CCC1CCC(COc2ccc(F)cn2)CN1C(=O)c1cc(C)ccc1-n1nccn1. The van der Waals surface area contributed by atoms with Crippen LogP contribution >= 0.6 is 0 Å². The van der Waals surface area contributed by atoms with Crippen molar-refractivity contribution in [2.75, 3.05) is 13.2 Å². The molecule has 162 valence electrons. The molecule has 1 fully saturated rings. The molecule has 1 saturated heterocycles. The zero-order valence-corrected chi connectivity index (χ0v) is 17.7. The van der Waals surface area contributed by atoms with Gasteiger partial charge >= 0.3 is 0 Å². The average Bonchev–Trinajstić information content (AvgIpc) is 3.32. The van der Waals surface area contributed by atoms with Crippen molar-refractivity contribution in [3.63, 3.8) is 0 Å². The van der Waals surface area contributed by atoms with Gasteiger partial charge in [-0.1, -0.05) is 18.6 Å². The molecule has 1 amide bonds. The van der Waals surface area contributed by atoms with E-state index in [4.69, 9.17) is 4.74 Å². The van der Waals surface area contributed by atoms with Crippen LogP contribution in [0.4, 0.5) is 4.39 Å². The smallest absolute Gasteiger partial charge is 0.256 e. The minimum absolute atomic E-state index is 0.0209. The van der Waals surface area contributed by atoms with E-state index in [0.717, 1.165) is 31.0 Å². The van der Waals surface area contributed by atoms with E-state index in [1.165, 1.54) is 16.9 Å². The summed E-state index contributed by atoms with van der Waals surface area (Å²) in [7, 11) is 0. The number of pyridine rings is 1. The van der Waals surface area contributed by atoms with E-state index in [0.29, 0.717) is 30.3 Å². The normalized spacial score (nSPS) is 18.7. The van der Waals surface area contributed by atoms with Crippen molar-refractivity contribution in [2.24, 2.45) is 5.92 Å². The van der Waals surface area contributed by atoms with Gasteiger partial charge in [0.2, 0.25) is 5.88 Å². The van der Waals surface area contributed by atoms with Gasteiger partial charge in [0, 0.05) is 24.6 Å². The van der Waals surface area contributed by atoms with Gasteiger partial charge in [-0.05, 0) is 44.4 Å². The Balaban J connectivity index is 1.53. The molecule has 0 aliphatic carbocycles. The quantitative estimate of drug-likeness (QED) is 0.603. The summed E-state index contributed by atoms with van der Waals surface area (Å²) in [5.74, 6) is 0.151. The highest BCUT2D eigenvalue weighted by molar-refractivity contribution is 5.98. The van der Waals surface area contributed by atoms with Gasteiger partial charge in [0.15, 0.2) is 0 Å². The molecule has 1 aliphatic rings. The number of piperidine rings is 1. The highest BCUT2D eigenvalue weighted by Crippen LogP contribution is 2.28. The van der Waals surface area contributed by atoms with Crippen LogP contribution in [0.1, 0.15) is 42.1 Å². The minimum atomic E-state index is -0.395. The van der Waals surface area contributed by atoms with E-state index in [9.17, 15) is 9.18 Å². The van der Waals surface area contributed by atoms with Crippen LogP contribution in [0.25, 0.3) is 5.69 Å². The fraction of sp³-hybridized carbons (Fsp3) is 0.391. The summed E-state index contributed by atoms with van der Waals surface area (Å²) in [6.45, 7) is 5.10. The Bertz CT molecular complexity index is 1020. The van der Waals surface area contributed by atoms with Gasteiger partial charge < -0.3 is 9.64 Å². The standard InChI is InChI=1S/C23H26FN5O2/c1-3-19-7-5-17(15-31-22-9-6-18(24)13-25-22)14-28(19)23(30)20-12-16(2)4-8-21(20)29-26-10-11-27-29/h4,6,8-13,17,19H,3,5,7,14-15H2,1-2H3. The molecule has 4 rings (SSSR count). The molecule has 2 unspecified atom stereocenters. The monoisotopic (exact) mass is 423 g/mol. The Morgan fingerprint density at radius 2 is 2.00 bits per heavy atom. The van der Waals surface area contributed by atoms with E-state index in [2.05, 4.69) is 22.1 Å². The van der Waals surface area contributed by atoms with Crippen LogP contribution in [0, 0.1) is 18.7 Å². The highest BCUT2D eigenvalue weighted by Gasteiger charge is 2.33. The molecule has 3 aromatic rings. The summed E-state index contributed by atoms with van der Waals surface area (Å²) in [4.78, 5) is 21.0. The molecule has 31 heavy (non-hydrogen) atoms. The van der Waals surface area contributed by atoms with Crippen molar-refractivity contribution in [1.82, 2.24) is 24.9 Å². The summed E-state index contributed by atoms with van der Waals surface area (Å²) in [5, 5.41) is 8.42. The van der Waals surface area contributed by atoms with Gasteiger partial charge in [-0.3, -0.25) is 4.79 Å². The van der Waals surface area contributed by atoms with Gasteiger partial charge in [0.1, 0.15) is 5.82 Å². The Morgan fingerprint density at radius 3 is 2.71 bits per heavy atom. The molecule has 0 bridgehead atoms. The third kappa shape index (κ3) is 4.73. The third-order valence-electron chi connectivity index (χ3n) is 5.72. The summed E-state index contributed by atoms with van der Waals surface area (Å²) in [6.07, 6.45) is 7.10. The number of halogens is 1. The number of ether oxygens (including phenoxy) is 1. The highest BCUT2D eigenvalue weighted by atomic mass is 19.1. The number of hydrogen-bond acceptors (Lipinski definition) is 5. The number of carbonyl (C=O) groups excluding carboxylic acids is 1. The van der Waals surface area contributed by atoms with Crippen LogP contribution in [-0.2, 0) is 0 Å². The Kier molecular flexibility index (Phi) is 6.25. The third-order valence-corrected chi connectivity index (χ3v) is 5.72. The lowest BCUT2D eigenvalue weighted by Crippen LogP contribution is -2.48. The van der Waals surface area contributed by atoms with Crippen molar-refractivity contribution >= 4 is 5.91 Å². The first-order valence-electron chi connectivity index (χ1n) is 10.6. The second kappa shape index (κ2) is 9.24. The van der Waals surface area contributed by atoms with Gasteiger partial charge in [-0.2, -0.15) is 15.0 Å². The van der Waals surface area contributed by atoms with Crippen molar-refractivity contribution in [3.8, 4) is 11.6 Å². The number of nitrogens with zero attached hydrogens (tertiary/aromatic N) is 5. The first kappa shape index (κ1) is 21.0. The van der Waals surface area contributed by atoms with E-state index < -0.39 is 5.82 Å². The number of benzene rings is 1. The lowest BCUT2D eigenvalue weighted by molar-refractivity contribution is 0.0464. The molecule has 2 aromatic heterocycles. The number of rotatable bonds is 6. The average molecular weight is 423 g/mol. The maximum absolute atomic E-state index is 13.7. The van der Waals surface area contributed by atoms with Gasteiger partial charge in [-0.15, -0.1) is 0 Å². The van der Waals surface area contributed by atoms with E-state index in [-0.39, 0.29) is 17.9 Å². The lowest BCUT2D eigenvalue weighted by atomic mass is 9.91. The van der Waals surface area contributed by atoms with Crippen molar-refractivity contribution in [1.29, 1.82) is 0 Å². The van der Waals surface area contributed by atoms with Gasteiger partial charge in [0.05, 0.1) is 36.4 Å². The fourth-order valence-electron chi connectivity index (χ4n) is 4.05. The van der Waals surface area contributed by atoms with E-state index in [1.807, 2.05) is 30.0 Å². The van der Waals surface area contributed by atoms with Gasteiger partial charge in [0.25, 0.3) is 5.91 Å². The summed E-state index contributed by atoms with van der Waals surface area (Å²) in [6, 6.07) is 8.76. The predicted molar refractivity (Wildman–Crippen MR) is 114 cm³/mol. The predicted octanol–water partition coefficient (Wildman–Crippen LogP) is 3.82. The topological polar surface area (TPSA) is 73.1 Å². The molecule has 7 nitrogen and oxygen atoms in total. The number of amides is 1. The molecule has 0 radical (unpaired) electrons. The first-order valence-corrected chi connectivity index (χ1v) is 10.6. The van der Waals surface area contributed by atoms with Crippen LogP contribution in [0.3, 0.4) is 0 Å². The summed E-state index contributed by atoms with van der Waals surface area (Å²) in [5.41, 5.74) is 2.27. The van der Waals surface area contributed by atoms with Crippen LogP contribution in [0.15, 0.2) is 48.9 Å². The molecule has 2 atom stereocenters. The first-order chi connectivity index (χ1) is 15.0. The number of carbonyl (C=O) groups is 1. The van der Waals surface area contributed by atoms with Crippen molar-refractivity contribution in [2.45, 2.75) is 39.2 Å². The zero-order valence-electron chi connectivity index (χ0n) is 17.7. The summed E-state index contributed by atoms with van der Waals surface area (Å²) < 4.78 is 18.8. The fourth-order valence-corrected chi connectivity index (χ4v) is 4.05. The molecule has 0 saturated carbocycles. The number of likely N-dealkylation sites (tertiary alicyclic amines) is 1. The second-order valence-corrected chi connectivity index (χ2v) is 7.93. The Morgan fingerprint density at radius 1 is 1.19 bits per heavy atom. The van der Waals surface area contributed by atoms with Crippen LogP contribution in [0.2, 0.25) is 0 Å². The minimum Gasteiger partial charge on any atom is -0.477 e. The maximum atomic E-state index is 13.7. The largest absolute Gasteiger partial charge is 0.477 e. The molecule has 1 aliphatic heterocycles. The number of hydrogen-bond donors (Lipinski definition) is 0. The molecular weight excluding hydrogens is 397 g/mol. The molecule has 3 heterocycles. The zero-order chi connectivity index (χ0) is 21.8. The molecular formula is C23H26FN5O2. The Hall–Kier alpha value is -3.29. The molecule has 1 aromatic carbocycles. The second-order valence-electron chi connectivity index (χ2n) is 7.93. The van der Waals surface area contributed by atoms with Crippen LogP contribution in [-0.4, -0.2) is 50.0 Å². The molecule has 8 heteroatoms. The maximum Gasteiger partial charge on any atom is 0.256 e.